The number of anilines is 1. The van der Waals surface area contributed by atoms with Crippen molar-refractivity contribution < 1.29 is 0 Å². The van der Waals surface area contributed by atoms with Gasteiger partial charge in [0.15, 0.2) is 0 Å². The largest absolute Gasteiger partial charge is 0.373 e. The van der Waals surface area contributed by atoms with Crippen LogP contribution in [0.5, 0.6) is 0 Å². The van der Waals surface area contributed by atoms with E-state index in [2.05, 4.69) is 34.1 Å². The van der Waals surface area contributed by atoms with E-state index in [4.69, 9.17) is 0 Å². The maximum absolute atomic E-state index is 4.62. The van der Waals surface area contributed by atoms with Crippen LogP contribution in [0.4, 0.5) is 5.82 Å². The van der Waals surface area contributed by atoms with Gasteiger partial charge in [-0.05, 0) is 24.6 Å². The van der Waals surface area contributed by atoms with Gasteiger partial charge in [0.25, 0.3) is 0 Å². The maximum Gasteiger partial charge on any atom is 0.132 e. The van der Waals surface area contributed by atoms with Crippen molar-refractivity contribution >= 4 is 5.82 Å². The Morgan fingerprint density at radius 3 is 2.50 bits per heavy atom. The molecule has 0 aliphatic rings. The Hall–Kier alpha value is -1.97. The summed E-state index contributed by atoms with van der Waals surface area (Å²) in [6.45, 7) is 4.13. The SMILES string of the molecule is CCc1nc(Cc2ccncc2)c(C)c(NC)n1. The van der Waals surface area contributed by atoms with Crippen LogP contribution in [0.2, 0.25) is 0 Å². The second-order valence-electron chi connectivity index (χ2n) is 4.20. The minimum atomic E-state index is 0.818. The quantitative estimate of drug-likeness (QED) is 0.894. The molecule has 2 aromatic heterocycles. The summed E-state index contributed by atoms with van der Waals surface area (Å²) in [4.78, 5) is 13.1. The molecule has 0 saturated heterocycles. The van der Waals surface area contributed by atoms with Gasteiger partial charge in [-0.2, -0.15) is 0 Å². The Labute approximate surface area is 108 Å². The number of hydrogen-bond acceptors (Lipinski definition) is 4. The van der Waals surface area contributed by atoms with E-state index in [-0.39, 0.29) is 0 Å². The third-order valence-electron chi connectivity index (χ3n) is 2.97. The first-order valence-corrected chi connectivity index (χ1v) is 6.17. The number of nitrogens with zero attached hydrogens (tertiary/aromatic N) is 3. The number of nitrogens with one attached hydrogen (secondary N) is 1. The number of aryl methyl sites for hydroxylation is 1. The predicted octanol–water partition coefficient (Wildman–Crippen LogP) is 2.37. The van der Waals surface area contributed by atoms with Gasteiger partial charge in [-0.25, -0.2) is 9.97 Å². The monoisotopic (exact) mass is 242 g/mol. The molecule has 4 heteroatoms. The standard InChI is InChI=1S/C14H18N4/c1-4-13-17-12(10(2)14(15-3)18-13)9-11-5-7-16-8-6-11/h5-8H,4,9H2,1-3H3,(H,15,17,18). The fraction of sp³-hybridized carbons (Fsp3) is 0.357. The summed E-state index contributed by atoms with van der Waals surface area (Å²) in [7, 11) is 1.89. The Kier molecular flexibility index (Phi) is 3.87. The molecule has 0 amide bonds. The number of aromatic nitrogens is 3. The van der Waals surface area contributed by atoms with Crippen molar-refractivity contribution in [1.82, 2.24) is 15.0 Å². The highest BCUT2D eigenvalue weighted by Gasteiger charge is 2.09. The molecule has 0 saturated carbocycles. The summed E-state index contributed by atoms with van der Waals surface area (Å²) >= 11 is 0. The zero-order valence-electron chi connectivity index (χ0n) is 11.1. The number of pyridine rings is 1. The van der Waals surface area contributed by atoms with Crippen LogP contribution in [-0.2, 0) is 12.8 Å². The predicted molar refractivity (Wildman–Crippen MR) is 72.7 cm³/mol. The van der Waals surface area contributed by atoms with E-state index in [1.54, 1.807) is 0 Å². The molecule has 0 spiro atoms. The average Bonchev–Trinajstić information content (AvgIpc) is 2.42. The third kappa shape index (κ3) is 2.64. The van der Waals surface area contributed by atoms with E-state index < -0.39 is 0 Å². The fourth-order valence-corrected chi connectivity index (χ4v) is 1.88. The van der Waals surface area contributed by atoms with Crippen molar-refractivity contribution in [2.45, 2.75) is 26.7 Å². The van der Waals surface area contributed by atoms with E-state index in [0.29, 0.717) is 0 Å². The highest BCUT2D eigenvalue weighted by Crippen LogP contribution is 2.18. The molecule has 2 rings (SSSR count). The first-order valence-electron chi connectivity index (χ1n) is 6.17. The molecule has 0 atom stereocenters. The van der Waals surface area contributed by atoms with Gasteiger partial charge >= 0.3 is 0 Å². The van der Waals surface area contributed by atoms with Gasteiger partial charge in [0.1, 0.15) is 11.6 Å². The molecule has 0 aliphatic heterocycles. The van der Waals surface area contributed by atoms with Gasteiger partial charge in [0, 0.05) is 37.8 Å². The molecule has 94 valence electrons. The van der Waals surface area contributed by atoms with Gasteiger partial charge < -0.3 is 5.32 Å². The fourth-order valence-electron chi connectivity index (χ4n) is 1.88. The zero-order valence-corrected chi connectivity index (χ0v) is 11.1. The molecule has 0 aromatic carbocycles. The number of hydrogen-bond donors (Lipinski definition) is 1. The lowest BCUT2D eigenvalue weighted by Gasteiger charge is -2.11. The molecule has 0 radical (unpaired) electrons. The van der Waals surface area contributed by atoms with Gasteiger partial charge in [-0.1, -0.05) is 6.92 Å². The van der Waals surface area contributed by atoms with Crippen LogP contribution >= 0.6 is 0 Å². The minimum absolute atomic E-state index is 0.818. The molecule has 4 nitrogen and oxygen atoms in total. The highest BCUT2D eigenvalue weighted by molar-refractivity contribution is 5.46. The normalized spacial score (nSPS) is 10.4. The first-order chi connectivity index (χ1) is 8.74. The van der Waals surface area contributed by atoms with Crippen LogP contribution in [0.15, 0.2) is 24.5 Å². The molecule has 0 unspecified atom stereocenters. The van der Waals surface area contributed by atoms with Gasteiger partial charge in [-0.3, -0.25) is 4.98 Å². The summed E-state index contributed by atoms with van der Waals surface area (Å²) in [6, 6.07) is 4.04. The van der Waals surface area contributed by atoms with Crippen LogP contribution in [-0.4, -0.2) is 22.0 Å². The van der Waals surface area contributed by atoms with Gasteiger partial charge in [0.2, 0.25) is 0 Å². The summed E-state index contributed by atoms with van der Waals surface area (Å²) in [5.41, 5.74) is 3.42. The molecule has 2 heterocycles. The van der Waals surface area contributed by atoms with Crippen molar-refractivity contribution in [3.05, 3.63) is 47.2 Å². The summed E-state index contributed by atoms with van der Waals surface area (Å²) < 4.78 is 0. The molecular weight excluding hydrogens is 224 g/mol. The average molecular weight is 242 g/mol. The smallest absolute Gasteiger partial charge is 0.132 e. The second-order valence-corrected chi connectivity index (χ2v) is 4.20. The molecule has 2 aromatic rings. The molecule has 18 heavy (non-hydrogen) atoms. The second kappa shape index (κ2) is 5.58. The lowest BCUT2D eigenvalue weighted by atomic mass is 10.1. The van der Waals surface area contributed by atoms with Crippen LogP contribution < -0.4 is 5.32 Å². The van der Waals surface area contributed by atoms with Crippen LogP contribution in [0.25, 0.3) is 0 Å². The van der Waals surface area contributed by atoms with Crippen molar-refractivity contribution in [3.63, 3.8) is 0 Å². The van der Waals surface area contributed by atoms with Gasteiger partial charge in [0.05, 0.1) is 5.69 Å². The number of rotatable bonds is 4. The molecule has 0 bridgehead atoms. The maximum atomic E-state index is 4.62. The van der Waals surface area contributed by atoms with E-state index in [0.717, 1.165) is 35.7 Å². The zero-order chi connectivity index (χ0) is 13.0. The summed E-state index contributed by atoms with van der Waals surface area (Å²) in [5.74, 6) is 1.81. The van der Waals surface area contributed by atoms with Crippen molar-refractivity contribution in [3.8, 4) is 0 Å². The van der Waals surface area contributed by atoms with Crippen LogP contribution in [0.1, 0.15) is 29.6 Å². The van der Waals surface area contributed by atoms with Gasteiger partial charge in [-0.15, -0.1) is 0 Å². The van der Waals surface area contributed by atoms with E-state index in [1.807, 2.05) is 31.6 Å². The summed E-state index contributed by atoms with van der Waals surface area (Å²) in [5, 5.41) is 3.13. The van der Waals surface area contributed by atoms with E-state index in [1.165, 1.54) is 5.56 Å². The Morgan fingerprint density at radius 2 is 1.89 bits per heavy atom. The molecular formula is C14H18N4. The summed E-state index contributed by atoms with van der Waals surface area (Å²) in [6.07, 6.45) is 5.29. The third-order valence-corrected chi connectivity index (χ3v) is 2.97. The van der Waals surface area contributed by atoms with E-state index in [9.17, 15) is 0 Å². The Morgan fingerprint density at radius 1 is 1.17 bits per heavy atom. The minimum Gasteiger partial charge on any atom is -0.373 e. The van der Waals surface area contributed by atoms with Crippen molar-refractivity contribution in [1.29, 1.82) is 0 Å². The van der Waals surface area contributed by atoms with Crippen molar-refractivity contribution in [2.75, 3.05) is 12.4 Å². The van der Waals surface area contributed by atoms with Crippen LogP contribution in [0, 0.1) is 6.92 Å². The lowest BCUT2D eigenvalue weighted by molar-refractivity contribution is 0.885. The van der Waals surface area contributed by atoms with Crippen LogP contribution in [0.3, 0.4) is 0 Å². The Bertz CT molecular complexity index is 523. The molecule has 0 fully saturated rings. The van der Waals surface area contributed by atoms with E-state index >= 15 is 0 Å². The molecule has 1 N–H and O–H groups in total. The molecule has 0 aliphatic carbocycles. The lowest BCUT2D eigenvalue weighted by Crippen LogP contribution is -2.07. The first kappa shape index (κ1) is 12.5. The Balaban J connectivity index is 2.37. The highest BCUT2D eigenvalue weighted by atomic mass is 15.0. The topological polar surface area (TPSA) is 50.7 Å². The van der Waals surface area contributed by atoms with Crippen molar-refractivity contribution in [2.24, 2.45) is 0 Å².